The molecule has 0 bridgehead atoms. The first-order chi connectivity index (χ1) is 33.2. The van der Waals surface area contributed by atoms with Crippen molar-refractivity contribution in [2.45, 2.75) is 115 Å². The number of imidazole rings is 1. The lowest BCUT2D eigenvalue weighted by Crippen LogP contribution is -2.61. The van der Waals surface area contributed by atoms with Crippen molar-refractivity contribution in [2.24, 2.45) is 13.0 Å². The Balaban J connectivity index is 1.06. The maximum absolute atomic E-state index is 16.3. The number of carbonyl (C=O) groups excluding carboxylic acids is 1. The van der Waals surface area contributed by atoms with Crippen molar-refractivity contribution < 1.29 is 27.9 Å². The first-order valence-electron chi connectivity index (χ1n) is 23.9. The van der Waals surface area contributed by atoms with E-state index in [1.54, 1.807) is 66.5 Å². The normalized spacial score (nSPS) is 26.0. The van der Waals surface area contributed by atoms with E-state index in [-0.39, 0.29) is 59.6 Å². The molecule has 1 saturated heterocycles. The second-order valence-electron chi connectivity index (χ2n) is 21.5. The molecule has 12 rings (SSSR count). The molecule has 0 unspecified atom stereocenters. The zero-order chi connectivity index (χ0) is 49.1. The summed E-state index contributed by atoms with van der Waals surface area (Å²) in [6, 6.07) is 14.1. The van der Waals surface area contributed by atoms with E-state index in [4.69, 9.17) is 14.4 Å². The third-order valence-electron chi connectivity index (χ3n) is 16.0. The molecule has 16 nitrogen and oxygen atoms in total. The molecule has 7 heterocycles. The van der Waals surface area contributed by atoms with Gasteiger partial charge in [0.25, 0.3) is 5.91 Å². The lowest BCUT2D eigenvalue weighted by atomic mass is 9.56. The molecule has 3 aromatic carbocycles. The predicted octanol–water partition coefficient (Wildman–Crippen LogP) is 7.68. The van der Waals surface area contributed by atoms with Gasteiger partial charge in [-0.3, -0.25) is 28.1 Å². The van der Waals surface area contributed by atoms with E-state index in [1.807, 2.05) is 17.6 Å². The van der Waals surface area contributed by atoms with Gasteiger partial charge in [-0.1, -0.05) is 18.1 Å². The number of H-pyrrole nitrogens is 1. The van der Waals surface area contributed by atoms with Crippen LogP contribution in [-0.4, -0.2) is 83.7 Å². The van der Waals surface area contributed by atoms with Crippen molar-refractivity contribution in [2.75, 3.05) is 13.2 Å². The van der Waals surface area contributed by atoms with E-state index >= 15 is 13.6 Å². The second kappa shape index (κ2) is 14.8. The molecule has 2 saturated carbocycles. The summed E-state index contributed by atoms with van der Waals surface area (Å²) in [6.45, 7) is 14.1. The summed E-state index contributed by atoms with van der Waals surface area (Å²) >= 11 is 0. The fraction of sp³-hybridized carbons (Fsp3) is 0.423. The highest BCUT2D eigenvalue weighted by molar-refractivity contribution is 6.00. The predicted molar refractivity (Wildman–Crippen MR) is 255 cm³/mol. The molecule has 5 aromatic heterocycles. The number of hydrogen-bond acceptors (Lipinski definition) is 9. The zero-order valence-corrected chi connectivity index (χ0v) is 40.3. The molecule has 70 heavy (non-hydrogen) atoms. The summed E-state index contributed by atoms with van der Waals surface area (Å²) in [5.74, 6) is -1.20. The summed E-state index contributed by atoms with van der Waals surface area (Å²) in [6.07, 6.45) is 7.23. The largest absolute Gasteiger partial charge is 0.438 e. The number of aromatic nitrogens is 9. The van der Waals surface area contributed by atoms with Gasteiger partial charge in [-0.2, -0.15) is 10.2 Å². The fourth-order valence-corrected chi connectivity index (χ4v) is 12.7. The molecule has 1 spiro atoms. The number of carbonyl (C=O) groups is 1. The van der Waals surface area contributed by atoms with Gasteiger partial charge in [0.1, 0.15) is 22.9 Å². The van der Waals surface area contributed by atoms with Crippen molar-refractivity contribution in [1.82, 2.24) is 48.3 Å². The molecule has 4 aliphatic rings. The number of halogens is 2. The Morgan fingerprint density at radius 1 is 0.929 bits per heavy atom. The maximum Gasteiger partial charge on any atom is 0.438 e. The Labute approximate surface area is 400 Å². The lowest BCUT2D eigenvalue weighted by molar-refractivity contribution is -0.0925. The number of rotatable bonds is 7. The zero-order valence-electron chi connectivity index (χ0n) is 40.3. The minimum Gasteiger partial charge on any atom is -0.390 e. The number of fused-ring (bicyclic) bond motifs is 4. The topological polar surface area (TPSA) is 176 Å². The van der Waals surface area contributed by atoms with Crippen LogP contribution in [0.3, 0.4) is 0 Å². The van der Waals surface area contributed by atoms with E-state index < -0.39 is 39.9 Å². The number of nitrogens with zero attached hydrogens (tertiary/aromatic N) is 9. The van der Waals surface area contributed by atoms with Gasteiger partial charge in [-0.15, -0.1) is 0 Å². The van der Waals surface area contributed by atoms with Crippen molar-refractivity contribution in [1.29, 1.82) is 0 Å². The molecule has 2 aliphatic carbocycles. The van der Waals surface area contributed by atoms with Crippen molar-refractivity contribution in [3.05, 3.63) is 139 Å². The van der Waals surface area contributed by atoms with E-state index in [1.165, 1.54) is 27.6 Å². The Morgan fingerprint density at radius 3 is 2.31 bits per heavy atom. The summed E-state index contributed by atoms with van der Waals surface area (Å²) in [5, 5.41) is 26.4. The van der Waals surface area contributed by atoms with Crippen LogP contribution >= 0.6 is 0 Å². The highest BCUT2D eigenvalue weighted by atomic mass is 19.1. The Kier molecular flexibility index (Phi) is 9.37. The van der Waals surface area contributed by atoms with Gasteiger partial charge in [0, 0.05) is 54.5 Å². The number of benzene rings is 3. The van der Waals surface area contributed by atoms with E-state index in [0.717, 1.165) is 29.3 Å². The Hall–Kier alpha value is -6.92. The number of nitrogens with one attached hydrogen (secondary N) is 1. The average molecular weight is 953 g/mol. The number of hydrogen-bond donors (Lipinski definition) is 2. The summed E-state index contributed by atoms with van der Waals surface area (Å²) in [4.78, 5) is 48.2. The van der Waals surface area contributed by atoms with Crippen LogP contribution in [0.25, 0.3) is 39.0 Å². The second-order valence-corrected chi connectivity index (χ2v) is 21.5. The van der Waals surface area contributed by atoms with Crippen molar-refractivity contribution in [3.63, 3.8) is 0 Å². The number of aryl methyl sites for hydroxylation is 3. The van der Waals surface area contributed by atoms with Gasteiger partial charge < -0.3 is 19.3 Å². The van der Waals surface area contributed by atoms with Gasteiger partial charge in [-0.05, 0) is 145 Å². The van der Waals surface area contributed by atoms with Gasteiger partial charge in [0.05, 0.1) is 51.4 Å². The maximum atomic E-state index is 16.3. The van der Waals surface area contributed by atoms with Crippen LogP contribution in [0.4, 0.5) is 8.78 Å². The molecule has 362 valence electrons. The average Bonchev–Trinajstić information content (AvgIpc) is 3.94. The van der Waals surface area contributed by atoms with Crippen molar-refractivity contribution >= 4 is 27.7 Å². The molecule has 4 atom stereocenters. The molecular formula is C52H54F2N10O6. The van der Waals surface area contributed by atoms with E-state index in [9.17, 15) is 14.7 Å². The van der Waals surface area contributed by atoms with Crippen LogP contribution < -0.4 is 11.4 Å². The minimum absolute atomic E-state index is 0.0159. The summed E-state index contributed by atoms with van der Waals surface area (Å²) in [7, 11) is 1.71. The highest BCUT2D eigenvalue weighted by Crippen LogP contribution is 2.58. The van der Waals surface area contributed by atoms with E-state index in [2.05, 4.69) is 54.2 Å². The van der Waals surface area contributed by atoms with Crippen LogP contribution in [0.1, 0.15) is 123 Å². The van der Waals surface area contributed by atoms with Crippen LogP contribution in [0, 0.1) is 31.4 Å². The first kappa shape index (κ1) is 44.3. The van der Waals surface area contributed by atoms with E-state index in [0.29, 0.717) is 64.0 Å². The number of aliphatic hydroxyl groups is 1. The van der Waals surface area contributed by atoms with Gasteiger partial charge in [0.15, 0.2) is 11.6 Å². The molecule has 1 amide bonds. The standard InChI is InChI=1S/C52H54F2N10O6/c1-27-17-34(18-28(2)41(27)53)64-44(61-15-14-60(48(61)67)38-12-11-37-35(42(38)54)23-55-59(37)8)40-30(4)62(26-51(43(40)57-64)24-50(7,68)25-51)45(65)39-20-33-19-31(32-13-16-69-49(5,6)22-32)9-10-36(33)63(39)52(21-29(52)3)46-56-47(66)70-58-46/h9-12,14-15,17-20,23,29-30,32,68H,13,16,21-22,24-26H2,1-8H3,(H,56,58,66)/t29-,30-,32-,50?,51?,52-/m0/s1. The summed E-state index contributed by atoms with van der Waals surface area (Å²) in [5.41, 5.74) is 1.45. The highest BCUT2D eigenvalue weighted by Gasteiger charge is 2.62. The summed E-state index contributed by atoms with van der Waals surface area (Å²) < 4.78 is 50.7. The van der Waals surface area contributed by atoms with Crippen LogP contribution in [0.2, 0.25) is 0 Å². The van der Waals surface area contributed by atoms with Gasteiger partial charge >= 0.3 is 11.4 Å². The minimum atomic E-state index is -1.10. The third-order valence-corrected chi connectivity index (χ3v) is 16.0. The third kappa shape index (κ3) is 6.37. The van der Waals surface area contributed by atoms with Crippen LogP contribution in [0.5, 0.6) is 0 Å². The molecule has 2 aliphatic heterocycles. The van der Waals surface area contributed by atoms with Crippen LogP contribution in [0.15, 0.2) is 81.2 Å². The Bertz CT molecular complexity index is 3610. The Morgan fingerprint density at radius 2 is 1.64 bits per heavy atom. The molecule has 3 fully saturated rings. The fourth-order valence-electron chi connectivity index (χ4n) is 12.7. The monoisotopic (exact) mass is 952 g/mol. The molecule has 18 heteroatoms. The lowest BCUT2D eigenvalue weighted by Gasteiger charge is -2.56. The van der Waals surface area contributed by atoms with Gasteiger partial charge in [-0.25, -0.2) is 23.1 Å². The van der Waals surface area contributed by atoms with Crippen LogP contribution in [-0.2, 0) is 22.7 Å². The quantitative estimate of drug-likeness (QED) is 0.162. The molecule has 2 N–H and O–H groups in total. The number of aromatic amines is 1. The van der Waals surface area contributed by atoms with Gasteiger partial charge in [0.2, 0.25) is 0 Å². The smallest absolute Gasteiger partial charge is 0.390 e. The molecular weight excluding hydrogens is 899 g/mol. The number of ether oxygens (including phenoxy) is 1. The molecule has 8 aromatic rings. The SMILES string of the molecule is Cc1cc(-n2nc3c(c2-n2ccn(-c4ccc5c(cnn5C)c4F)c2=O)[C@H](C)N(C(=O)c2cc4cc([C@H]5CCOC(C)(C)C5)ccc4n2[C@@]2(c4noc(=O)[nH]4)C[C@@H]2C)CC32CC(C)(O)C2)cc(C)c1F. The number of amides is 1. The first-order valence-corrected chi connectivity index (χ1v) is 23.9. The molecule has 0 radical (unpaired) electrons. The van der Waals surface area contributed by atoms with Crippen molar-refractivity contribution in [3.8, 4) is 17.2 Å².